The minimum absolute atomic E-state index is 0. The molecular weight excluding hydrogens is 647 g/mol. The van der Waals surface area contributed by atoms with E-state index in [-0.39, 0.29) is 82.7 Å². The number of nitrogens with two attached hydrogens (primary N) is 1. The highest BCUT2D eigenvalue weighted by atomic mass is 35.5. The number of carbonyl (C=O) groups excluding carboxylic acids is 2. The van der Waals surface area contributed by atoms with E-state index in [1.165, 1.54) is 24.3 Å². The third-order valence-corrected chi connectivity index (χ3v) is 7.60. The third-order valence-electron chi connectivity index (χ3n) is 7.00. The van der Waals surface area contributed by atoms with Gasteiger partial charge >= 0.3 is 0 Å². The van der Waals surface area contributed by atoms with Crippen LogP contribution in [0.3, 0.4) is 0 Å². The number of halogens is 6. The largest absolute Gasteiger partial charge is 0.366 e. The minimum atomic E-state index is -0.643. The number of pyridine rings is 1. The molecule has 1 fully saturated rings. The van der Waals surface area contributed by atoms with Crippen molar-refractivity contribution in [1.82, 2.24) is 14.8 Å². The first kappa shape index (κ1) is 37.9. The van der Waals surface area contributed by atoms with E-state index in [1.807, 2.05) is 24.4 Å². The van der Waals surface area contributed by atoms with E-state index in [0.29, 0.717) is 0 Å². The number of hydrogen-bond acceptors (Lipinski definition) is 5. The summed E-state index contributed by atoms with van der Waals surface area (Å²) in [6, 6.07) is 13.6. The van der Waals surface area contributed by atoms with Crippen molar-refractivity contribution in [3.8, 4) is 0 Å². The summed E-state index contributed by atoms with van der Waals surface area (Å²) >= 11 is 12.4. The van der Waals surface area contributed by atoms with Gasteiger partial charge in [-0.05, 0) is 60.8 Å². The van der Waals surface area contributed by atoms with Gasteiger partial charge in [0, 0.05) is 50.1 Å². The van der Waals surface area contributed by atoms with Gasteiger partial charge in [-0.15, -0.1) is 37.2 Å². The van der Waals surface area contributed by atoms with Crippen molar-refractivity contribution in [3.63, 3.8) is 0 Å². The molecule has 1 saturated heterocycles. The fourth-order valence-electron chi connectivity index (χ4n) is 4.87. The average molecular weight is 682 g/mol. The van der Waals surface area contributed by atoms with E-state index in [1.54, 1.807) is 6.20 Å². The minimum Gasteiger partial charge on any atom is -0.366 e. The van der Waals surface area contributed by atoms with E-state index in [2.05, 4.69) is 26.2 Å². The quantitative estimate of drug-likeness (QED) is 0.227. The molecule has 42 heavy (non-hydrogen) atoms. The summed E-state index contributed by atoms with van der Waals surface area (Å²) in [5.41, 5.74) is 7.97. The molecule has 1 atom stereocenters. The Morgan fingerprint density at radius 1 is 0.929 bits per heavy atom. The van der Waals surface area contributed by atoms with Gasteiger partial charge in [-0.25, -0.2) is 4.39 Å². The Labute approximate surface area is 274 Å². The molecule has 1 aliphatic rings. The molecule has 13 heteroatoms. The fraction of sp³-hybridized carbons (Fsp3) is 0.345. The van der Waals surface area contributed by atoms with E-state index >= 15 is 0 Å². The lowest BCUT2D eigenvalue weighted by atomic mass is 9.88. The van der Waals surface area contributed by atoms with Crippen LogP contribution in [0.5, 0.6) is 0 Å². The van der Waals surface area contributed by atoms with Gasteiger partial charge in [0.25, 0.3) is 0 Å². The van der Waals surface area contributed by atoms with Crippen molar-refractivity contribution in [3.05, 3.63) is 93.5 Å². The highest BCUT2D eigenvalue weighted by molar-refractivity contribution is 6.40. The molecule has 2 aromatic carbocycles. The van der Waals surface area contributed by atoms with Crippen LogP contribution in [0.4, 0.5) is 10.1 Å². The van der Waals surface area contributed by atoms with Gasteiger partial charge in [-0.1, -0.05) is 47.8 Å². The number of hydrogen-bond donors (Lipinski definition) is 2. The van der Waals surface area contributed by atoms with Crippen molar-refractivity contribution in [1.29, 1.82) is 0 Å². The van der Waals surface area contributed by atoms with Gasteiger partial charge in [-0.3, -0.25) is 19.5 Å². The molecule has 4 rings (SSSR count). The summed E-state index contributed by atoms with van der Waals surface area (Å²) in [5.74, 6) is -0.910. The van der Waals surface area contributed by atoms with Gasteiger partial charge in [0.1, 0.15) is 5.82 Å². The Balaban J connectivity index is 0.00000294. The molecule has 0 bridgehead atoms. The van der Waals surface area contributed by atoms with Crippen molar-refractivity contribution >= 4 is 77.9 Å². The number of amides is 2. The number of piperazine rings is 1. The summed E-state index contributed by atoms with van der Waals surface area (Å²) in [4.78, 5) is 32.8. The fourth-order valence-corrected chi connectivity index (χ4v) is 5.46. The lowest BCUT2D eigenvalue weighted by molar-refractivity contribution is -0.117. The molecule has 0 spiro atoms. The van der Waals surface area contributed by atoms with Crippen LogP contribution in [-0.4, -0.2) is 65.9 Å². The number of nitrogens with zero attached hydrogens (tertiary/aromatic N) is 3. The van der Waals surface area contributed by atoms with Crippen LogP contribution in [-0.2, 0) is 4.79 Å². The standard InChI is InChI=1S/C29H32Cl2FN5O2.3ClH/c30-25-16-22(29(33)39)17-26(31)28(25)35-27(38)19-37-14-12-36(13-15-37)11-2-1-5-24(21-4-3-10-34-18-21)20-6-8-23(32)9-7-20;;;/h3-4,6-10,16-18,24H,1-2,5,11-15,19H2,(H2,33,39)(H,35,38);3*1H. The third kappa shape index (κ3) is 10.8. The van der Waals surface area contributed by atoms with Gasteiger partial charge < -0.3 is 16.0 Å². The van der Waals surface area contributed by atoms with Crippen LogP contribution >= 0.6 is 60.4 Å². The molecule has 230 valence electrons. The zero-order valence-electron chi connectivity index (χ0n) is 22.8. The van der Waals surface area contributed by atoms with Crippen LogP contribution in [0, 0.1) is 5.82 Å². The Bertz CT molecular complexity index is 1260. The smallest absolute Gasteiger partial charge is 0.248 e. The molecule has 3 N–H and O–H groups in total. The van der Waals surface area contributed by atoms with E-state index in [9.17, 15) is 14.0 Å². The Morgan fingerprint density at radius 3 is 2.12 bits per heavy atom. The molecule has 0 aliphatic carbocycles. The molecule has 2 heterocycles. The molecule has 2 amide bonds. The first-order chi connectivity index (χ1) is 18.8. The van der Waals surface area contributed by atoms with Crippen molar-refractivity contribution in [2.75, 3.05) is 44.6 Å². The lowest BCUT2D eigenvalue weighted by Gasteiger charge is -2.34. The van der Waals surface area contributed by atoms with Crippen molar-refractivity contribution in [2.24, 2.45) is 5.73 Å². The molecule has 7 nitrogen and oxygen atoms in total. The normalized spacial score (nSPS) is 14.1. The Morgan fingerprint density at radius 2 is 1.55 bits per heavy atom. The maximum Gasteiger partial charge on any atom is 0.248 e. The second kappa shape index (κ2) is 18.5. The van der Waals surface area contributed by atoms with Gasteiger partial charge in [0.2, 0.25) is 11.8 Å². The molecule has 1 aromatic heterocycles. The molecule has 0 saturated carbocycles. The van der Waals surface area contributed by atoms with E-state index in [4.69, 9.17) is 28.9 Å². The van der Waals surface area contributed by atoms with Crippen LogP contribution in [0.2, 0.25) is 10.0 Å². The highest BCUT2D eigenvalue weighted by Crippen LogP contribution is 2.32. The Kier molecular flexibility index (Phi) is 16.7. The molecular formula is C29H35Cl5FN5O2. The maximum absolute atomic E-state index is 13.5. The number of primary amides is 1. The highest BCUT2D eigenvalue weighted by Gasteiger charge is 2.21. The summed E-state index contributed by atoms with van der Waals surface area (Å²) in [6.07, 6.45) is 6.71. The number of carbonyl (C=O) groups is 2. The summed E-state index contributed by atoms with van der Waals surface area (Å²) in [6.45, 7) is 4.54. The topological polar surface area (TPSA) is 91.6 Å². The number of benzene rings is 2. The number of nitrogens with one attached hydrogen (secondary N) is 1. The van der Waals surface area contributed by atoms with Gasteiger partial charge in [0.15, 0.2) is 0 Å². The van der Waals surface area contributed by atoms with Gasteiger partial charge in [-0.2, -0.15) is 0 Å². The average Bonchev–Trinajstić information content (AvgIpc) is 2.92. The van der Waals surface area contributed by atoms with Crippen LogP contribution < -0.4 is 11.1 Å². The zero-order valence-corrected chi connectivity index (χ0v) is 26.8. The number of unbranched alkanes of at least 4 members (excludes halogenated alkanes) is 1. The number of rotatable bonds is 11. The predicted octanol–water partition coefficient (Wildman–Crippen LogP) is 6.45. The zero-order chi connectivity index (χ0) is 27.8. The first-order valence-electron chi connectivity index (χ1n) is 13.0. The number of aromatic nitrogens is 1. The summed E-state index contributed by atoms with van der Waals surface area (Å²) < 4.78 is 13.5. The SMILES string of the molecule is Cl.Cl.Cl.NC(=O)c1cc(Cl)c(NC(=O)CN2CCN(CCCCC(c3ccc(F)cc3)c3cccnc3)CC2)c(Cl)c1. The van der Waals surface area contributed by atoms with Crippen LogP contribution in [0.15, 0.2) is 60.9 Å². The van der Waals surface area contributed by atoms with Crippen LogP contribution in [0.1, 0.15) is 46.7 Å². The molecule has 1 aliphatic heterocycles. The predicted molar refractivity (Wildman–Crippen MR) is 175 cm³/mol. The number of anilines is 1. The monoisotopic (exact) mass is 679 g/mol. The van der Waals surface area contributed by atoms with Crippen molar-refractivity contribution in [2.45, 2.75) is 25.2 Å². The second-order valence-electron chi connectivity index (χ2n) is 9.73. The maximum atomic E-state index is 13.5. The van der Waals surface area contributed by atoms with Gasteiger partial charge in [0.05, 0.1) is 22.3 Å². The lowest BCUT2D eigenvalue weighted by Crippen LogP contribution is -2.48. The van der Waals surface area contributed by atoms with E-state index < -0.39 is 5.91 Å². The summed E-state index contributed by atoms with van der Waals surface area (Å²) in [5, 5.41) is 3.08. The first-order valence-corrected chi connectivity index (χ1v) is 13.7. The molecule has 3 aromatic rings. The summed E-state index contributed by atoms with van der Waals surface area (Å²) in [7, 11) is 0. The van der Waals surface area contributed by atoms with Crippen molar-refractivity contribution < 1.29 is 14.0 Å². The van der Waals surface area contributed by atoms with E-state index in [0.717, 1.165) is 63.1 Å². The molecule has 1 unspecified atom stereocenters. The Hall–Kier alpha value is -2.17. The molecule has 0 radical (unpaired) electrons. The van der Waals surface area contributed by atoms with Crippen LogP contribution in [0.25, 0.3) is 0 Å². The second-order valence-corrected chi connectivity index (χ2v) is 10.5.